The van der Waals surface area contributed by atoms with Crippen LogP contribution < -0.4 is 25.8 Å². The number of thiocarbonyl (C=S) groups is 1. The molecule has 1 aromatic heterocycles. The molecule has 0 aliphatic heterocycles. The molecule has 1 aliphatic rings. The standard InChI is InChI=1S/C21H18Cl2N4O3S/c1-29-18-8-17-12(7-13(18)20(24)28)19(15(23)9-25-17)30-11-4-5-16(14(22)6-11)27-21(31)26-10-2-3-10/h4-10H,2-3H2,1H3,(H2,24,28)(H2,26,27,31). The van der Waals surface area contributed by atoms with Gasteiger partial charge in [0.15, 0.2) is 10.9 Å². The van der Waals surface area contributed by atoms with Crippen LogP contribution in [0.2, 0.25) is 10.0 Å². The number of carbonyl (C=O) groups excluding carboxylic acids is 1. The van der Waals surface area contributed by atoms with Gasteiger partial charge in [-0.05, 0) is 43.3 Å². The molecule has 0 atom stereocenters. The number of pyridine rings is 1. The molecular formula is C21H18Cl2N4O3S. The van der Waals surface area contributed by atoms with E-state index >= 15 is 0 Å². The van der Waals surface area contributed by atoms with Gasteiger partial charge in [-0.1, -0.05) is 23.2 Å². The summed E-state index contributed by atoms with van der Waals surface area (Å²) in [6.07, 6.45) is 3.70. The second-order valence-electron chi connectivity index (χ2n) is 6.99. The van der Waals surface area contributed by atoms with Crippen LogP contribution in [0.25, 0.3) is 10.9 Å². The SMILES string of the molecule is COc1cc2ncc(Cl)c(Oc3ccc(NC(=S)NC4CC4)c(Cl)c3)c2cc1C(N)=O. The molecule has 1 saturated carbocycles. The van der Waals surface area contributed by atoms with Crippen molar-refractivity contribution in [1.82, 2.24) is 10.3 Å². The van der Waals surface area contributed by atoms with Gasteiger partial charge in [-0.25, -0.2) is 0 Å². The van der Waals surface area contributed by atoms with Crippen LogP contribution in [-0.2, 0) is 0 Å². The number of nitrogens with two attached hydrogens (primary N) is 1. The Morgan fingerprint density at radius 3 is 2.65 bits per heavy atom. The van der Waals surface area contributed by atoms with Gasteiger partial charge in [-0.3, -0.25) is 9.78 Å². The topological polar surface area (TPSA) is 98.5 Å². The summed E-state index contributed by atoms with van der Waals surface area (Å²) < 4.78 is 11.3. The Bertz CT molecular complexity index is 1200. The van der Waals surface area contributed by atoms with Gasteiger partial charge in [-0.15, -0.1) is 0 Å². The molecule has 0 saturated heterocycles. The molecule has 10 heteroatoms. The van der Waals surface area contributed by atoms with E-state index in [4.69, 9.17) is 50.6 Å². The van der Waals surface area contributed by atoms with Crippen LogP contribution in [-0.4, -0.2) is 29.2 Å². The molecule has 0 radical (unpaired) electrons. The van der Waals surface area contributed by atoms with Gasteiger partial charge >= 0.3 is 0 Å². The first-order valence-corrected chi connectivity index (χ1v) is 10.5. The van der Waals surface area contributed by atoms with E-state index in [9.17, 15) is 4.79 Å². The minimum atomic E-state index is -0.640. The summed E-state index contributed by atoms with van der Waals surface area (Å²) in [5.41, 5.74) is 6.85. The Balaban J connectivity index is 1.65. The number of fused-ring (bicyclic) bond motifs is 1. The molecule has 0 spiro atoms. The van der Waals surface area contributed by atoms with Crippen molar-refractivity contribution >= 4 is 63.0 Å². The van der Waals surface area contributed by atoms with E-state index in [-0.39, 0.29) is 10.6 Å². The second-order valence-corrected chi connectivity index (χ2v) is 8.21. The van der Waals surface area contributed by atoms with Crippen molar-refractivity contribution in [2.45, 2.75) is 18.9 Å². The highest BCUT2D eigenvalue weighted by molar-refractivity contribution is 7.80. The molecule has 3 aromatic rings. The highest BCUT2D eigenvalue weighted by Crippen LogP contribution is 2.39. The fraction of sp³-hybridized carbons (Fsp3) is 0.190. The Labute approximate surface area is 193 Å². The zero-order chi connectivity index (χ0) is 22.1. The monoisotopic (exact) mass is 476 g/mol. The largest absolute Gasteiger partial charge is 0.496 e. The lowest BCUT2D eigenvalue weighted by Gasteiger charge is -2.15. The van der Waals surface area contributed by atoms with Crippen LogP contribution in [0.4, 0.5) is 5.69 Å². The number of ether oxygens (including phenoxy) is 2. The first kappa shape index (κ1) is 21.4. The molecule has 4 N–H and O–H groups in total. The van der Waals surface area contributed by atoms with Crippen LogP contribution in [0.15, 0.2) is 36.5 Å². The highest BCUT2D eigenvalue weighted by atomic mass is 35.5. The van der Waals surface area contributed by atoms with Crippen molar-refractivity contribution < 1.29 is 14.3 Å². The van der Waals surface area contributed by atoms with Crippen molar-refractivity contribution in [3.05, 3.63) is 52.1 Å². The Morgan fingerprint density at radius 2 is 2.00 bits per heavy atom. The third-order valence-electron chi connectivity index (χ3n) is 4.68. The van der Waals surface area contributed by atoms with Crippen molar-refractivity contribution in [2.75, 3.05) is 12.4 Å². The van der Waals surface area contributed by atoms with E-state index in [1.165, 1.54) is 13.3 Å². The van der Waals surface area contributed by atoms with E-state index in [1.807, 2.05) is 0 Å². The number of hydrogen-bond donors (Lipinski definition) is 3. The van der Waals surface area contributed by atoms with Gasteiger partial charge in [-0.2, -0.15) is 0 Å². The van der Waals surface area contributed by atoms with Gasteiger partial charge < -0.3 is 25.8 Å². The molecule has 7 nitrogen and oxygen atoms in total. The predicted molar refractivity (Wildman–Crippen MR) is 126 cm³/mol. The molecule has 4 rings (SSSR count). The third kappa shape index (κ3) is 4.76. The van der Waals surface area contributed by atoms with Crippen LogP contribution in [0, 0.1) is 0 Å². The lowest BCUT2D eigenvalue weighted by atomic mass is 10.1. The fourth-order valence-electron chi connectivity index (χ4n) is 2.99. The maximum atomic E-state index is 11.8. The maximum Gasteiger partial charge on any atom is 0.252 e. The third-order valence-corrected chi connectivity index (χ3v) is 5.48. The van der Waals surface area contributed by atoms with Gasteiger partial charge in [0, 0.05) is 29.8 Å². The minimum Gasteiger partial charge on any atom is -0.496 e. The van der Waals surface area contributed by atoms with Gasteiger partial charge in [0.05, 0.1) is 28.9 Å². The Kier molecular flexibility index (Phi) is 6.04. The lowest BCUT2D eigenvalue weighted by Crippen LogP contribution is -2.30. The van der Waals surface area contributed by atoms with Crippen molar-refractivity contribution in [3.63, 3.8) is 0 Å². The molecular weight excluding hydrogens is 459 g/mol. The summed E-state index contributed by atoms with van der Waals surface area (Å²) in [5.74, 6) is 0.441. The number of anilines is 1. The summed E-state index contributed by atoms with van der Waals surface area (Å²) in [4.78, 5) is 16.1. The molecule has 31 heavy (non-hydrogen) atoms. The average Bonchev–Trinajstić information content (AvgIpc) is 3.55. The number of amides is 1. The number of methoxy groups -OCH3 is 1. The van der Waals surface area contributed by atoms with Crippen LogP contribution in [0.3, 0.4) is 0 Å². The van der Waals surface area contributed by atoms with E-state index in [2.05, 4.69) is 15.6 Å². The Hall–Kier alpha value is -2.81. The molecule has 1 amide bonds. The van der Waals surface area contributed by atoms with Crippen LogP contribution in [0.5, 0.6) is 17.2 Å². The van der Waals surface area contributed by atoms with Gasteiger partial charge in [0.1, 0.15) is 16.5 Å². The molecule has 0 bridgehead atoms. The first-order valence-electron chi connectivity index (χ1n) is 9.36. The summed E-state index contributed by atoms with van der Waals surface area (Å²) in [5, 5.41) is 7.99. The highest BCUT2D eigenvalue weighted by Gasteiger charge is 2.22. The number of nitrogens with one attached hydrogen (secondary N) is 2. The maximum absolute atomic E-state index is 11.8. The van der Waals surface area contributed by atoms with E-state index < -0.39 is 5.91 Å². The van der Waals surface area contributed by atoms with Crippen molar-refractivity contribution in [1.29, 1.82) is 0 Å². The number of nitrogens with zero attached hydrogens (tertiary/aromatic N) is 1. The Morgan fingerprint density at radius 1 is 1.23 bits per heavy atom. The molecule has 1 aliphatic carbocycles. The van der Waals surface area contributed by atoms with Gasteiger partial charge in [0.2, 0.25) is 0 Å². The van der Waals surface area contributed by atoms with Crippen LogP contribution in [0.1, 0.15) is 23.2 Å². The average molecular weight is 477 g/mol. The molecule has 0 unspecified atom stereocenters. The summed E-state index contributed by atoms with van der Waals surface area (Å²) >= 11 is 18.0. The summed E-state index contributed by atoms with van der Waals surface area (Å²) in [6, 6.07) is 8.72. The second kappa shape index (κ2) is 8.74. The molecule has 1 fully saturated rings. The van der Waals surface area contributed by atoms with Gasteiger partial charge in [0.25, 0.3) is 5.91 Å². The molecule has 2 aromatic carbocycles. The van der Waals surface area contributed by atoms with Crippen molar-refractivity contribution in [2.24, 2.45) is 5.73 Å². The number of hydrogen-bond acceptors (Lipinski definition) is 5. The number of aromatic nitrogens is 1. The van der Waals surface area contributed by atoms with Crippen molar-refractivity contribution in [3.8, 4) is 17.2 Å². The smallest absolute Gasteiger partial charge is 0.252 e. The zero-order valence-electron chi connectivity index (χ0n) is 16.4. The minimum absolute atomic E-state index is 0.193. The fourth-order valence-corrected chi connectivity index (χ4v) is 3.67. The van der Waals surface area contributed by atoms with E-state index in [0.29, 0.717) is 50.0 Å². The number of rotatable bonds is 6. The first-order chi connectivity index (χ1) is 14.9. The predicted octanol–water partition coefficient (Wildman–Crippen LogP) is 4.89. The summed E-state index contributed by atoms with van der Waals surface area (Å²) in [7, 11) is 1.45. The summed E-state index contributed by atoms with van der Waals surface area (Å²) in [6.45, 7) is 0. The van der Waals surface area contributed by atoms with E-state index in [1.54, 1.807) is 30.3 Å². The zero-order valence-corrected chi connectivity index (χ0v) is 18.7. The number of carbonyl (C=O) groups is 1. The number of halogens is 2. The number of primary amides is 1. The van der Waals surface area contributed by atoms with E-state index in [0.717, 1.165) is 12.8 Å². The normalized spacial score (nSPS) is 13.0. The molecule has 1 heterocycles. The lowest BCUT2D eigenvalue weighted by molar-refractivity contribution is 0.0997. The quantitative estimate of drug-likeness (QED) is 0.435. The molecule has 160 valence electrons. The number of benzene rings is 2. The van der Waals surface area contributed by atoms with Crippen LogP contribution >= 0.6 is 35.4 Å².